The van der Waals surface area contributed by atoms with E-state index in [1.807, 2.05) is 0 Å². The maximum absolute atomic E-state index is 12.7. The van der Waals surface area contributed by atoms with Crippen molar-refractivity contribution in [3.05, 3.63) is 11.7 Å². The lowest BCUT2D eigenvalue weighted by Crippen LogP contribution is -2.54. The Bertz CT molecular complexity index is 379. The van der Waals surface area contributed by atoms with Gasteiger partial charge in [0.1, 0.15) is 5.88 Å². The van der Waals surface area contributed by atoms with Gasteiger partial charge in [0.25, 0.3) is 0 Å². The molecule has 0 saturated carbocycles. The molecule has 1 aliphatic heterocycles. The van der Waals surface area contributed by atoms with Crippen molar-refractivity contribution in [2.45, 2.75) is 26.3 Å². The summed E-state index contributed by atoms with van der Waals surface area (Å²) in [6.07, 6.45) is 0. The lowest BCUT2D eigenvalue weighted by Gasteiger charge is -2.42. The number of hydrogen-bond acceptors (Lipinski definition) is 4. The third-order valence-electron chi connectivity index (χ3n) is 3.01. The molecule has 0 unspecified atom stereocenters. The summed E-state index contributed by atoms with van der Waals surface area (Å²) in [7, 11) is -3.80. The first-order valence-corrected chi connectivity index (χ1v) is 7.33. The molecule has 1 rings (SSSR count). The number of sulfone groups is 1. The van der Waals surface area contributed by atoms with Crippen LogP contribution in [0.2, 0.25) is 0 Å². The second-order valence-corrected chi connectivity index (χ2v) is 7.31. The van der Waals surface area contributed by atoms with Crippen LogP contribution >= 0.6 is 0 Å². The number of hydrogen-bond donors (Lipinski definition) is 0. The van der Waals surface area contributed by atoms with Crippen LogP contribution in [0.1, 0.15) is 20.8 Å². The van der Waals surface area contributed by atoms with E-state index in [0.29, 0.717) is 13.1 Å². The molecule has 1 fully saturated rings. The fourth-order valence-electron chi connectivity index (χ4n) is 1.86. The zero-order chi connectivity index (χ0) is 13.3. The first kappa shape index (κ1) is 14.6. The van der Waals surface area contributed by atoms with E-state index < -0.39 is 15.0 Å². The van der Waals surface area contributed by atoms with Crippen LogP contribution in [0.3, 0.4) is 0 Å². The van der Waals surface area contributed by atoms with Gasteiger partial charge in [-0.3, -0.25) is 9.80 Å². The first-order chi connectivity index (χ1) is 7.63. The molecular weight excluding hydrogens is 243 g/mol. The lowest BCUT2D eigenvalue weighted by molar-refractivity contribution is 0.0702. The monoisotopic (exact) mass is 264 g/mol. The third-order valence-corrected chi connectivity index (χ3v) is 4.39. The molecular formula is C11H21FN2O2S. The van der Waals surface area contributed by atoms with Gasteiger partial charge in [0.15, 0.2) is 0 Å². The molecule has 0 aliphatic carbocycles. The summed E-state index contributed by atoms with van der Waals surface area (Å²) in [6.45, 7) is 12.1. The van der Waals surface area contributed by atoms with Crippen molar-refractivity contribution in [1.29, 1.82) is 0 Å². The maximum Gasteiger partial charge on any atom is 0.217 e. The van der Waals surface area contributed by atoms with Crippen LogP contribution < -0.4 is 0 Å². The van der Waals surface area contributed by atoms with Crippen LogP contribution in [0.5, 0.6) is 0 Å². The average molecular weight is 264 g/mol. The minimum absolute atomic E-state index is 0.0919. The zero-order valence-corrected chi connectivity index (χ0v) is 11.6. The number of halogens is 1. The standard InChI is InChI=1S/C11H21FN2O2S/c1-10(12)17(15,16)9-13-5-7-14(8-6-13)11(2,3)4/h1,5-9H2,2-4H3. The fourth-order valence-corrected chi connectivity index (χ4v) is 2.74. The molecule has 0 aromatic carbocycles. The average Bonchev–Trinajstić information content (AvgIpc) is 2.16. The van der Waals surface area contributed by atoms with Crippen LogP contribution in [0, 0.1) is 0 Å². The van der Waals surface area contributed by atoms with E-state index in [1.54, 1.807) is 4.90 Å². The SMILES string of the molecule is C=C(F)S(=O)(=O)CN1CCN(C(C)(C)C)CC1. The third kappa shape index (κ3) is 4.04. The maximum atomic E-state index is 12.7. The topological polar surface area (TPSA) is 40.6 Å². The highest BCUT2D eigenvalue weighted by Gasteiger charge is 2.28. The second kappa shape index (κ2) is 5.04. The van der Waals surface area contributed by atoms with E-state index >= 15 is 0 Å². The highest BCUT2D eigenvalue weighted by atomic mass is 32.2. The highest BCUT2D eigenvalue weighted by molar-refractivity contribution is 7.94. The van der Waals surface area contributed by atoms with Gasteiger partial charge in [0.2, 0.25) is 15.0 Å². The van der Waals surface area contributed by atoms with E-state index in [9.17, 15) is 12.8 Å². The molecule has 4 nitrogen and oxygen atoms in total. The fraction of sp³-hybridized carbons (Fsp3) is 0.818. The quantitative estimate of drug-likeness (QED) is 0.768. The molecule has 0 spiro atoms. The summed E-state index contributed by atoms with van der Waals surface area (Å²) in [4.78, 5) is 4.04. The summed E-state index contributed by atoms with van der Waals surface area (Å²) < 4.78 is 35.4. The predicted octanol–water partition coefficient (Wildman–Crippen LogP) is 1.22. The van der Waals surface area contributed by atoms with Crippen molar-refractivity contribution in [3.63, 3.8) is 0 Å². The van der Waals surface area contributed by atoms with Crippen LogP contribution in [-0.2, 0) is 9.84 Å². The van der Waals surface area contributed by atoms with Crippen molar-refractivity contribution in [3.8, 4) is 0 Å². The van der Waals surface area contributed by atoms with Crippen LogP contribution in [0.4, 0.5) is 4.39 Å². The summed E-state index contributed by atoms with van der Waals surface area (Å²) in [5.74, 6) is -0.264. The Morgan fingerprint density at radius 3 is 2.06 bits per heavy atom. The van der Waals surface area contributed by atoms with E-state index in [2.05, 4.69) is 32.3 Å². The van der Waals surface area contributed by atoms with E-state index in [0.717, 1.165) is 13.1 Å². The Morgan fingerprint density at radius 1 is 1.24 bits per heavy atom. The van der Waals surface area contributed by atoms with Gasteiger partial charge in [-0.15, -0.1) is 0 Å². The molecule has 0 aromatic heterocycles. The van der Waals surface area contributed by atoms with Gasteiger partial charge in [-0.05, 0) is 20.8 Å². The molecule has 0 atom stereocenters. The lowest BCUT2D eigenvalue weighted by atomic mass is 10.1. The molecule has 0 N–H and O–H groups in total. The zero-order valence-electron chi connectivity index (χ0n) is 10.7. The Kier molecular flexibility index (Phi) is 4.33. The molecule has 1 saturated heterocycles. The summed E-state index contributed by atoms with van der Waals surface area (Å²) in [5, 5.41) is -1.24. The van der Waals surface area contributed by atoms with Crippen molar-refractivity contribution in [2.75, 3.05) is 32.1 Å². The molecule has 0 amide bonds. The van der Waals surface area contributed by atoms with Crippen LogP contribution in [0.25, 0.3) is 0 Å². The second-order valence-electron chi connectivity index (χ2n) is 5.37. The number of rotatable bonds is 3. The van der Waals surface area contributed by atoms with E-state index in [-0.39, 0.29) is 11.4 Å². The van der Waals surface area contributed by atoms with Gasteiger partial charge in [-0.25, -0.2) is 8.42 Å². The first-order valence-electron chi connectivity index (χ1n) is 5.67. The minimum Gasteiger partial charge on any atom is -0.296 e. The molecule has 1 heterocycles. The normalized spacial score (nSPS) is 20.5. The highest BCUT2D eigenvalue weighted by Crippen LogP contribution is 2.17. The van der Waals surface area contributed by atoms with Crippen LogP contribution in [-0.4, -0.2) is 55.8 Å². The van der Waals surface area contributed by atoms with Crippen LogP contribution in [0.15, 0.2) is 11.7 Å². The molecule has 100 valence electrons. The van der Waals surface area contributed by atoms with Crippen molar-refractivity contribution < 1.29 is 12.8 Å². The van der Waals surface area contributed by atoms with Gasteiger partial charge in [-0.2, -0.15) is 4.39 Å². The Labute approximate surface area is 103 Å². The van der Waals surface area contributed by atoms with Gasteiger partial charge < -0.3 is 0 Å². The Balaban J connectivity index is 2.52. The largest absolute Gasteiger partial charge is 0.296 e. The summed E-state index contributed by atoms with van der Waals surface area (Å²) >= 11 is 0. The molecule has 0 bridgehead atoms. The molecule has 0 aromatic rings. The minimum atomic E-state index is -3.80. The number of nitrogens with zero attached hydrogens (tertiary/aromatic N) is 2. The van der Waals surface area contributed by atoms with E-state index in [1.165, 1.54) is 0 Å². The van der Waals surface area contributed by atoms with E-state index in [4.69, 9.17) is 0 Å². The molecule has 1 aliphatic rings. The van der Waals surface area contributed by atoms with Crippen molar-refractivity contribution >= 4 is 9.84 Å². The van der Waals surface area contributed by atoms with Gasteiger partial charge in [-0.1, -0.05) is 6.58 Å². The molecule has 0 radical (unpaired) electrons. The van der Waals surface area contributed by atoms with Crippen molar-refractivity contribution in [2.24, 2.45) is 0 Å². The van der Waals surface area contributed by atoms with Gasteiger partial charge >= 0.3 is 0 Å². The Morgan fingerprint density at radius 2 is 1.71 bits per heavy atom. The van der Waals surface area contributed by atoms with Crippen molar-refractivity contribution in [1.82, 2.24) is 9.80 Å². The smallest absolute Gasteiger partial charge is 0.217 e. The predicted molar refractivity (Wildman–Crippen MR) is 66.9 cm³/mol. The van der Waals surface area contributed by atoms with Gasteiger partial charge in [0, 0.05) is 31.7 Å². The Hall–Kier alpha value is -0.460. The summed E-state index contributed by atoms with van der Waals surface area (Å²) in [6, 6.07) is 0. The summed E-state index contributed by atoms with van der Waals surface area (Å²) in [5.41, 5.74) is 0.0919. The van der Waals surface area contributed by atoms with Gasteiger partial charge in [0.05, 0.1) is 0 Å². The molecule has 17 heavy (non-hydrogen) atoms. The molecule has 6 heteroatoms. The number of piperazine rings is 1.